The van der Waals surface area contributed by atoms with E-state index in [1.54, 1.807) is 0 Å². The fourth-order valence-corrected chi connectivity index (χ4v) is 2.35. The molecule has 0 aliphatic carbocycles. The summed E-state index contributed by atoms with van der Waals surface area (Å²) >= 11 is 0. The molecule has 0 aliphatic heterocycles. The third kappa shape index (κ3) is 8.04. The van der Waals surface area contributed by atoms with Gasteiger partial charge in [-0.1, -0.05) is 27.2 Å². The fourth-order valence-electron chi connectivity index (χ4n) is 1.24. The normalized spacial score (nSPS) is 14.3. The minimum atomic E-state index is -3.34. The molecule has 1 atom stereocenters. The highest BCUT2D eigenvalue weighted by Gasteiger charge is 2.12. The van der Waals surface area contributed by atoms with Crippen LogP contribution in [0.2, 0.25) is 0 Å². The van der Waals surface area contributed by atoms with Gasteiger partial charge in [0, 0.05) is 13.1 Å². The summed E-state index contributed by atoms with van der Waals surface area (Å²) in [6.07, 6.45) is 1.78. The molecule has 0 radical (unpaired) electrons. The van der Waals surface area contributed by atoms with E-state index in [0.717, 1.165) is 12.8 Å². The van der Waals surface area contributed by atoms with Crippen molar-refractivity contribution in [2.45, 2.75) is 33.6 Å². The molecule has 0 amide bonds. The average Bonchev–Trinajstić information content (AvgIpc) is 2.21. The zero-order chi connectivity index (χ0) is 12.6. The predicted molar refractivity (Wildman–Crippen MR) is 67.2 cm³/mol. The fraction of sp³-hybridized carbons (Fsp3) is 1.00. The van der Waals surface area contributed by atoms with Gasteiger partial charge in [0.1, 0.15) is 0 Å². The largest absolute Gasteiger partial charge is 0.330 e. The van der Waals surface area contributed by atoms with Crippen LogP contribution in [-0.4, -0.2) is 28.1 Å². The molecule has 0 rings (SSSR count). The lowest BCUT2D eigenvalue weighted by atomic mass is 10.0. The van der Waals surface area contributed by atoms with E-state index < -0.39 is 10.2 Å². The number of nitrogens with one attached hydrogen (secondary N) is 2. The topological polar surface area (TPSA) is 84.2 Å². The maximum absolute atomic E-state index is 11.5. The highest BCUT2D eigenvalue weighted by molar-refractivity contribution is 7.87. The van der Waals surface area contributed by atoms with Gasteiger partial charge in [0.05, 0.1) is 0 Å². The summed E-state index contributed by atoms with van der Waals surface area (Å²) in [6, 6.07) is 0. The Morgan fingerprint density at radius 3 is 2.19 bits per heavy atom. The van der Waals surface area contributed by atoms with Gasteiger partial charge in [0.15, 0.2) is 0 Å². The highest BCUT2D eigenvalue weighted by Crippen LogP contribution is 2.05. The molecule has 4 N–H and O–H groups in total. The van der Waals surface area contributed by atoms with E-state index >= 15 is 0 Å². The van der Waals surface area contributed by atoms with Gasteiger partial charge in [-0.2, -0.15) is 8.42 Å². The van der Waals surface area contributed by atoms with Gasteiger partial charge in [-0.15, -0.1) is 0 Å². The third-order valence-corrected chi connectivity index (χ3v) is 3.49. The number of hydrogen-bond acceptors (Lipinski definition) is 3. The molecule has 0 aromatic rings. The standard InChI is InChI=1S/C10H25N3O2S/c1-4-10(5-6-11)8-13-16(14,15)12-7-9(2)3/h9-10,12-13H,4-8,11H2,1-3H3. The Bertz CT molecular complexity index is 265. The van der Waals surface area contributed by atoms with Gasteiger partial charge in [-0.25, -0.2) is 9.44 Å². The molecule has 98 valence electrons. The zero-order valence-corrected chi connectivity index (χ0v) is 11.3. The average molecular weight is 251 g/mol. The Hall–Kier alpha value is -0.170. The first-order chi connectivity index (χ1) is 7.41. The van der Waals surface area contributed by atoms with Crippen LogP contribution in [0.15, 0.2) is 0 Å². The van der Waals surface area contributed by atoms with Crippen molar-refractivity contribution in [2.24, 2.45) is 17.6 Å². The summed E-state index contributed by atoms with van der Waals surface area (Å²) in [5, 5.41) is 0. The van der Waals surface area contributed by atoms with Crippen molar-refractivity contribution in [1.82, 2.24) is 9.44 Å². The smallest absolute Gasteiger partial charge is 0.276 e. The van der Waals surface area contributed by atoms with Crippen molar-refractivity contribution < 1.29 is 8.42 Å². The molecule has 1 unspecified atom stereocenters. The lowest BCUT2D eigenvalue weighted by Crippen LogP contribution is -2.40. The van der Waals surface area contributed by atoms with Crippen LogP contribution in [0.5, 0.6) is 0 Å². The summed E-state index contributed by atoms with van der Waals surface area (Å²) in [4.78, 5) is 0. The molecule has 6 heteroatoms. The van der Waals surface area contributed by atoms with E-state index in [4.69, 9.17) is 5.73 Å². The Kier molecular flexibility index (Phi) is 7.91. The van der Waals surface area contributed by atoms with E-state index in [2.05, 4.69) is 9.44 Å². The summed E-state index contributed by atoms with van der Waals surface area (Å²) < 4.78 is 28.1. The van der Waals surface area contributed by atoms with E-state index in [-0.39, 0.29) is 0 Å². The van der Waals surface area contributed by atoms with Gasteiger partial charge >= 0.3 is 0 Å². The molecular weight excluding hydrogens is 226 g/mol. The van der Waals surface area contributed by atoms with Crippen molar-refractivity contribution in [3.8, 4) is 0 Å². The van der Waals surface area contributed by atoms with Crippen LogP contribution in [-0.2, 0) is 10.2 Å². The Morgan fingerprint density at radius 2 is 1.75 bits per heavy atom. The van der Waals surface area contributed by atoms with Crippen molar-refractivity contribution in [2.75, 3.05) is 19.6 Å². The monoisotopic (exact) mass is 251 g/mol. The van der Waals surface area contributed by atoms with E-state index in [1.807, 2.05) is 20.8 Å². The van der Waals surface area contributed by atoms with Crippen LogP contribution in [0, 0.1) is 11.8 Å². The number of nitrogens with two attached hydrogens (primary N) is 1. The van der Waals surface area contributed by atoms with Crippen LogP contribution in [0.3, 0.4) is 0 Å². The molecule has 0 aromatic heterocycles. The van der Waals surface area contributed by atoms with Gasteiger partial charge < -0.3 is 5.73 Å². The molecule has 0 saturated heterocycles. The Labute approximate surface area is 99.4 Å². The maximum atomic E-state index is 11.5. The molecule has 0 heterocycles. The van der Waals surface area contributed by atoms with Crippen LogP contribution in [0.4, 0.5) is 0 Å². The first-order valence-corrected chi connectivity index (χ1v) is 7.33. The summed E-state index contributed by atoms with van der Waals surface area (Å²) in [5.74, 6) is 0.628. The molecule has 0 fully saturated rings. The minimum Gasteiger partial charge on any atom is -0.330 e. The van der Waals surface area contributed by atoms with Crippen molar-refractivity contribution >= 4 is 10.2 Å². The van der Waals surface area contributed by atoms with Gasteiger partial charge in [-0.05, 0) is 24.8 Å². The maximum Gasteiger partial charge on any atom is 0.276 e. The van der Waals surface area contributed by atoms with Crippen LogP contribution in [0.25, 0.3) is 0 Å². The Morgan fingerprint density at radius 1 is 1.19 bits per heavy atom. The van der Waals surface area contributed by atoms with Crippen molar-refractivity contribution in [3.05, 3.63) is 0 Å². The van der Waals surface area contributed by atoms with E-state index in [1.165, 1.54) is 0 Å². The second kappa shape index (κ2) is 8.00. The number of hydrogen-bond donors (Lipinski definition) is 3. The van der Waals surface area contributed by atoms with Crippen LogP contribution < -0.4 is 15.2 Å². The van der Waals surface area contributed by atoms with Gasteiger partial charge in [0.25, 0.3) is 10.2 Å². The lowest BCUT2D eigenvalue weighted by Gasteiger charge is -2.15. The van der Waals surface area contributed by atoms with E-state index in [0.29, 0.717) is 31.5 Å². The van der Waals surface area contributed by atoms with Crippen LogP contribution in [0.1, 0.15) is 33.6 Å². The first-order valence-electron chi connectivity index (χ1n) is 5.85. The van der Waals surface area contributed by atoms with Crippen LogP contribution >= 0.6 is 0 Å². The van der Waals surface area contributed by atoms with Crippen molar-refractivity contribution in [3.63, 3.8) is 0 Å². The molecule has 0 bridgehead atoms. The highest BCUT2D eigenvalue weighted by atomic mass is 32.2. The summed E-state index contributed by atoms with van der Waals surface area (Å²) in [7, 11) is -3.34. The predicted octanol–water partition coefficient (Wildman–Crippen LogP) is 0.441. The summed E-state index contributed by atoms with van der Waals surface area (Å²) in [6.45, 7) is 7.48. The van der Waals surface area contributed by atoms with Gasteiger partial charge in [-0.3, -0.25) is 0 Å². The zero-order valence-electron chi connectivity index (χ0n) is 10.5. The van der Waals surface area contributed by atoms with Gasteiger partial charge in [0.2, 0.25) is 0 Å². The summed E-state index contributed by atoms with van der Waals surface area (Å²) in [5.41, 5.74) is 5.45. The van der Waals surface area contributed by atoms with E-state index in [9.17, 15) is 8.42 Å². The number of rotatable bonds is 9. The molecule has 5 nitrogen and oxygen atoms in total. The lowest BCUT2D eigenvalue weighted by molar-refractivity contribution is 0.462. The SMILES string of the molecule is CCC(CCN)CNS(=O)(=O)NCC(C)C. The third-order valence-electron chi connectivity index (χ3n) is 2.40. The second-order valence-electron chi connectivity index (χ2n) is 4.45. The minimum absolute atomic E-state index is 0.308. The Balaban J connectivity index is 3.97. The van der Waals surface area contributed by atoms with Crippen molar-refractivity contribution in [1.29, 1.82) is 0 Å². The molecule has 0 aliphatic rings. The molecule has 0 aromatic carbocycles. The molecule has 0 saturated carbocycles. The second-order valence-corrected chi connectivity index (χ2v) is 6.03. The molecule has 0 spiro atoms. The molecular formula is C10H25N3O2S. The molecule has 16 heavy (non-hydrogen) atoms. The first kappa shape index (κ1) is 15.8. The quantitative estimate of drug-likeness (QED) is 0.556.